The van der Waals surface area contributed by atoms with E-state index >= 15 is 0 Å². The van der Waals surface area contributed by atoms with Crippen LogP contribution in [0.3, 0.4) is 0 Å². The third-order valence-corrected chi connectivity index (χ3v) is 6.12. The number of amides is 1. The van der Waals surface area contributed by atoms with E-state index in [1.165, 1.54) is 11.1 Å². The number of hydrogen-bond donors (Lipinski definition) is 1. The minimum atomic E-state index is -0.517. The predicted octanol–water partition coefficient (Wildman–Crippen LogP) is 7.74. The van der Waals surface area contributed by atoms with Crippen molar-refractivity contribution in [3.05, 3.63) is 82.9 Å². The maximum Gasteiger partial charge on any atom is 0.407 e. The van der Waals surface area contributed by atoms with Gasteiger partial charge >= 0.3 is 6.09 Å². The number of fused-ring (bicyclic) bond motifs is 1. The van der Waals surface area contributed by atoms with Gasteiger partial charge in [-0.1, -0.05) is 54.9 Å². The van der Waals surface area contributed by atoms with Crippen molar-refractivity contribution in [2.24, 2.45) is 0 Å². The molecule has 4 nitrogen and oxygen atoms in total. The van der Waals surface area contributed by atoms with E-state index in [0.29, 0.717) is 5.02 Å². The monoisotopic (exact) mass is 463 g/mol. The van der Waals surface area contributed by atoms with Gasteiger partial charge in [-0.15, -0.1) is 0 Å². The number of rotatable bonds is 4. The Kier molecular flexibility index (Phi) is 6.66. The molecule has 172 valence electrons. The molecule has 2 unspecified atom stereocenters. The van der Waals surface area contributed by atoms with E-state index in [-0.39, 0.29) is 18.1 Å². The van der Waals surface area contributed by atoms with Crippen LogP contribution in [0.1, 0.15) is 51.2 Å². The van der Waals surface area contributed by atoms with Gasteiger partial charge in [0.15, 0.2) is 0 Å². The van der Waals surface area contributed by atoms with E-state index < -0.39 is 5.60 Å². The van der Waals surface area contributed by atoms with Crippen molar-refractivity contribution in [1.29, 1.82) is 0 Å². The number of nitrogens with one attached hydrogen (secondary N) is 1. The zero-order chi connectivity index (χ0) is 23.6. The van der Waals surface area contributed by atoms with E-state index in [9.17, 15) is 4.79 Å². The summed E-state index contributed by atoms with van der Waals surface area (Å²) < 4.78 is 11.8. The molecular formula is C28H30ClNO3. The predicted molar refractivity (Wildman–Crippen MR) is 133 cm³/mol. The number of para-hydroxylation sites is 1. The Morgan fingerprint density at radius 1 is 1.03 bits per heavy atom. The normalized spacial score (nSPS) is 17.7. The summed E-state index contributed by atoms with van der Waals surface area (Å²) in [5.41, 5.74) is 3.96. The first-order valence-corrected chi connectivity index (χ1v) is 11.7. The summed E-state index contributed by atoms with van der Waals surface area (Å²) in [4.78, 5) is 12.3. The van der Waals surface area contributed by atoms with Gasteiger partial charge in [-0.3, -0.25) is 0 Å². The zero-order valence-electron chi connectivity index (χ0n) is 19.5. The lowest BCUT2D eigenvalue weighted by molar-refractivity contribution is 0.0493. The molecule has 33 heavy (non-hydrogen) atoms. The number of halogens is 1. The molecule has 1 aliphatic carbocycles. The number of carbonyl (C=O) groups is 1. The van der Waals surface area contributed by atoms with Crippen molar-refractivity contribution in [2.75, 3.05) is 0 Å². The molecule has 4 rings (SSSR count). The molecule has 3 aromatic carbocycles. The molecule has 1 amide bonds. The maximum atomic E-state index is 12.3. The van der Waals surface area contributed by atoms with Gasteiger partial charge in [-0.2, -0.15) is 0 Å². The molecule has 0 aliphatic heterocycles. The van der Waals surface area contributed by atoms with Crippen LogP contribution in [0.15, 0.2) is 66.7 Å². The van der Waals surface area contributed by atoms with Gasteiger partial charge in [-0.25, -0.2) is 4.79 Å². The van der Waals surface area contributed by atoms with Crippen molar-refractivity contribution in [3.63, 3.8) is 0 Å². The number of carbonyl (C=O) groups excluding carboxylic acids is 1. The zero-order valence-corrected chi connectivity index (χ0v) is 20.3. The summed E-state index contributed by atoms with van der Waals surface area (Å²) in [6.45, 7) is 7.76. The van der Waals surface area contributed by atoms with Crippen molar-refractivity contribution in [1.82, 2.24) is 5.32 Å². The van der Waals surface area contributed by atoms with Gasteiger partial charge in [-0.05, 0) is 80.6 Å². The molecule has 1 N–H and O–H groups in total. The Labute approximate surface area is 200 Å². The Morgan fingerprint density at radius 2 is 1.82 bits per heavy atom. The van der Waals surface area contributed by atoms with Crippen LogP contribution in [-0.2, 0) is 11.2 Å². The van der Waals surface area contributed by atoms with E-state index in [4.69, 9.17) is 21.1 Å². The molecule has 2 atom stereocenters. The van der Waals surface area contributed by atoms with Crippen LogP contribution < -0.4 is 10.1 Å². The largest absolute Gasteiger partial charge is 0.457 e. The molecule has 0 radical (unpaired) electrons. The minimum absolute atomic E-state index is 0.0151. The fourth-order valence-corrected chi connectivity index (χ4v) is 4.49. The van der Waals surface area contributed by atoms with Crippen LogP contribution in [0, 0.1) is 0 Å². The van der Waals surface area contributed by atoms with Crippen molar-refractivity contribution >= 4 is 17.7 Å². The summed E-state index contributed by atoms with van der Waals surface area (Å²) in [7, 11) is 0. The minimum Gasteiger partial charge on any atom is -0.457 e. The number of aryl methyl sites for hydroxylation is 1. The molecular weight excluding hydrogens is 434 g/mol. The second-order valence-corrected chi connectivity index (χ2v) is 9.99. The third kappa shape index (κ3) is 5.69. The highest BCUT2D eigenvalue weighted by atomic mass is 35.5. The Bertz CT molecular complexity index is 1150. The van der Waals surface area contributed by atoms with Crippen LogP contribution >= 0.6 is 11.6 Å². The van der Waals surface area contributed by atoms with Gasteiger partial charge in [0.25, 0.3) is 0 Å². The first-order valence-electron chi connectivity index (χ1n) is 11.3. The van der Waals surface area contributed by atoms with Crippen LogP contribution in [0.4, 0.5) is 4.79 Å². The number of alkyl carbamates (subject to hydrolysis) is 1. The molecule has 0 spiro atoms. The number of benzene rings is 3. The smallest absolute Gasteiger partial charge is 0.407 e. The standard InChI is InChI=1S/C28H30ClNO3/c1-18-24-17-22(14-12-19(24)13-15-25(18)30-27(31)33-28(2,3)4)32-26-11-6-5-10-23(26)20-8-7-9-21(29)16-20/h5-12,14,16-18,25H,13,15H2,1-4H3,(H,30,31). The fourth-order valence-electron chi connectivity index (χ4n) is 4.30. The molecule has 3 aromatic rings. The lowest BCUT2D eigenvalue weighted by Crippen LogP contribution is -2.43. The molecule has 0 fully saturated rings. The average Bonchev–Trinajstić information content (AvgIpc) is 2.75. The summed E-state index contributed by atoms with van der Waals surface area (Å²) in [5, 5.41) is 3.75. The molecule has 0 heterocycles. The van der Waals surface area contributed by atoms with Gasteiger partial charge in [0, 0.05) is 22.5 Å². The van der Waals surface area contributed by atoms with Gasteiger partial charge < -0.3 is 14.8 Å². The van der Waals surface area contributed by atoms with Gasteiger partial charge in [0.2, 0.25) is 0 Å². The molecule has 0 saturated heterocycles. The molecule has 0 bridgehead atoms. The lowest BCUT2D eigenvalue weighted by Gasteiger charge is -2.33. The SMILES string of the molecule is CC1c2cc(Oc3ccccc3-c3cccc(Cl)c3)ccc2CCC1NC(=O)OC(C)(C)C. The first-order chi connectivity index (χ1) is 15.7. The van der Waals surface area contributed by atoms with E-state index in [0.717, 1.165) is 35.5 Å². The van der Waals surface area contributed by atoms with Gasteiger partial charge in [0.1, 0.15) is 17.1 Å². The fraction of sp³-hybridized carbons (Fsp3) is 0.321. The number of hydrogen-bond acceptors (Lipinski definition) is 3. The van der Waals surface area contributed by atoms with Gasteiger partial charge in [0.05, 0.1) is 0 Å². The Morgan fingerprint density at radius 3 is 2.58 bits per heavy atom. The quantitative estimate of drug-likeness (QED) is 0.430. The Balaban J connectivity index is 1.55. The third-order valence-electron chi connectivity index (χ3n) is 5.89. The van der Waals surface area contributed by atoms with Crippen LogP contribution in [-0.4, -0.2) is 17.7 Å². The Hall–Kier alpha value is -2.98. The van der Waals surface area contributed by atoms with E-state index in [2.05, 4.69) is 24.4 Å². The van der Waals surface area contributed by atoms with Crippen molar-refractivity contribution in [2.45, 2.75) is 58.1 Å². The van der Waals surface area contributed by atoms with E-state index in [1.54, 1.807) is 0 Å². The second kappa shape index (κ2) is 9.48. The highest BCUT2D eigenvalue weighted by Gasteiger charge is 2.29. The highest BCUT2D eigenvalue weighted by Crippen LogP contribution is 2.38. The maximum absolute atomic E-state index is 12.3. The summed E-state index contributed by atoms with van der Waals surface area (Å²) >= 11 is 6.21. The second-order valence-electron chi connectivity index (χ2n) is 9.55. The summed E-state index contributed by atoms with van der Waals surface area (Å²) in [5.74, 6) is 1.69. The average molecular weight is 464 g/mol. The van der Waals surface area contributed by atoms with Crippen LogP contribution in [0.2, 0.25) is 5.02 Å². The highest BCUT2D eigenvalue weighted by molar-refractivity contribution is 6.30. The number of ether oxygens (including phenoxy) is 2. The van der Waals surface area contributed by atoms with Crippen LogP contribution in [0.25, 0.3) is 11.1 Å². The first kappa shape index (κ1) is 23.2. The summed E-state index contributed by atoms with van der Waals surface area (Å²) in [6, 6.07) is 22.0. The molecule has 0 aromatic heterocycles. The van der Waals surface area contributed by atoms with Crippen molar-refractivity contribution in [3.8, 4) is 22.6 Å². The summed E-state index contributed by atoms with van der Waals surface area (Å²) in [6.07, 6.45) is 1.41. The molecule has 1 aliphatic rings. The molecule has 5 heteroatoms. The molecule has 0 saturated carbocycles. The van der Waals surface area contributed by atoms with Crippen LogP contribution in [0.5, 0.6) is 11.5 Å². The van der Waals surface area contributed by atoms with Crippen molar-refractivity contribution < 1.29 is 14.3 Å². The lowest BCUT2D eigenvalue weighted by atomic mass is 9.80. The van der Waals surface area contributed by atoms with E-state index in [1.807, 2.05) is 75.4 Å². The topological polar surface area (TPSA) is 47.6 Å².